The largest absolute Gasteiger partial charge is 0.307 e. The summed E-state index contributed by atoms with van der Waals surface area (Å²) in [7, 11) is 0. The number of hydrogen-bond donors (Lipinski definition) is 1. The third-order valence-corrected chi connectivity index (χ3v) is 2.73. The molecule has 0 saturated heterocycles. The van der Waals surface area contributed by atoms with Gasteiger partial charge in [0, 0.05) is 35.9 Å². The number of nitrogens with zero attached hydrogens (tertiary/aromatic N) is 3. The number of aromatic nitrogens is 2. The van der Waals surface area contributed by atoms with Gasteiger partial charge in [-0.1, -0.05) is 11.6 Å². The fraction of sp³-hybridized carbons (Fsp3) is 0.167. The van der Waals surface area contributed by atoms with Gasteiger partial charge in [-0.2, -0.15) is 10.2 Å². The zero-order chi connectivity index (χ0) is 13.7. The minimum Gasteiger partial charge on any atom is -0.307 e. The Bertz CT molecular complexity index is 577. The van der Waals surface area contributed by atoms with Crippen LogP contribution in [0.25, 0.3) is 0 Å². The zero-order valence-corrected chi connectivity index (χ0v) is 10.7. The van der Waals surface area contributed by atoms with Gasteiger partial charge >= 0.3 is 0 Å². The Morgan fingerprint density at radius 1 is 1.32 bits per heavy atom. The summed E-state index contributed by atoms with van der Waals surface area (Å²) in [4.78, 5) is 10.5. The number of halogens is 1. The molecule has 1 aromatic carbocycles. The first kappa shape index (κ1) is 13.4. The Morgan fingerprint density at radius 2 is 2.16 bits per heavy atom. The van der Waals surface area contributed by atoms with E-state index in [0.29, 0.717) is 23.7 Å². The van der Waals surface area contributed by atoms with Crippen molar-refractivity contribution in [1.29, 1.82) is 0 Å². The van der Waals surface area contributed by atoms with Crippen molar-refractivity contribution in [2.75, 3.05) is 0 Å². The van der Waals surface area contributed by atoms with Crippen molar-refractivity contribution in [2.24, 2.45) is 0 Å². The van der Waals surface area contributed by atoms with Crippen LogP contribution in [0.15, 0.2) is 36.5 Å². The van der Waals surface area contributed by atoms with E-state index < -0.39 is 4.92 Å². The van der Waals surface area contributed by atoms with Crippen molar-refractivity contribution in [3.05, 3.63) is 62.9 Å². The number of hydrogen-bond acceptors (Lipinski definition) is 5. The molecule has 0 amide bonds. The topological polar surface area (TPSA) is 81.0 Å². The average Bonchev–Trinajstić information content (AvgIpc) is 2.41. The van der Waals surface area contributed by atoms with Crippen molar-refractivity contribution >= 4 is 17.3 Å². The summed E-state index contributed by atoms with van der Waals surface area (Å²) in [5.41, 5.74) is 1.37. The molecule has 19 heavy (non-hydrogen) atoms. The van der Waals surface area contributed by atoms with Crippen LogP contribution < -0.4 is 5.32 Å². The molecular formula is C12H11ClN4O2. The van der Waals surface area contributed by atoms with E-state index in [0.717, 1.165) is 5.69 Å². The fourth-order valence-corrected chi connectivity index (χ4v) is 1.78. The molecule has 0 saturated carbocycles. The molecule has 0 spiro atoms. The van der Waals surface area contributed by atoms with E-state index in [9.17, 15) is 10.1 Å². The second-order valence-corrected chi connectivity index (χ2v) is 4.29. The molecular weight excluding hydrogens is 268 g/mol. The van der Waals surface area contributed by atoms with E-state index in [1.165, 1.54) is 6.07 Å². The highest BCUT2D eigenvalue weighted by Crippen LogP contribution is 2.22. The molecule has 0 fully saturated rings. The average molecular weight is 279 g/mol. The summed E-state index contributed by atoms with van der Waals surface area (Å²) in [5, 5.41) is 22.0. The van der Waals surface area contributed by atoms with Gasteiger partial charge in [-0.15, -0.1) is 0 Å². The lowest BCUT2D eigenvalue weighted by Gasteiger charge is -2.05. The minimum atomic E-state index is -0.439. The second-order valence-electron chi connectivity index (χ2n) is 3.85. The van der Waals surface area contributed by atoms with E-state index in [1.807, 2.05) is 6.07 Å². The van der Waals surface area contributed by atoms with E-state index in [1.54, 1.807) is 24.4 Å². The lowest BCUT2D eigenvalue weighted by atomic mass is 10.2. The number of benzene rings is 1. The van der Waals surface area contributed by atoms with Gasteiger partial charge in [0.1, 0.15) is 0 Å². The second kappa shape index (κ2) is 6.21. The Kier molecular flexibility index (Phi) is 4.38. The first-order valence-electron chi connectivity index (χ1n) is 5.57. The molecule has 0 aliphatic rings. The molecule has 0 bridgehead atoms. The van der Waals surface area contributed by atoms with Crippen molar-refractivity contribution in [3.63, 3.8) is 0 Å². The number of nitro benzene ring substituents is 1. The SMILES string of the molecule is O=[N+]([O-])c1cc(Cl)ccc1CNCc1cccnn1. The summed E-state index contributed by atoms with van der Waals surface area (Å²) in [5.74, 6) is 0. The highest BCUT2D eigenvalue weighted by Gasteiger charge is 2.13. The minimum absolute atomic E-state index is 0.0131. The van der Waals surface area contributed by atoms with Gasteiger partial charge in [-0.3, -0.25) is 10.1 Å². The fourth-order valence-electron chi connectivity index (χ4n) is 1.61. The van der Waals surface area contributed by atoms with Crippen molar-refractivity contribution in [3.8, 4) is 0 Å². The van der Waals surface area contributed by atoms with Crippen LogP contribution in [0.1, 0.15) is 11.3 Å². The smallest absolute Gasteiger partial charge is 0.275 e. The molecule has 1 N–H and O–H groups in total. The van der Waals surface area contributed by atoms with Crippen LogP contribution >= 0.6 is 11.6 Å². The Labute approximate surface area is 114 Å². The summed E-state index contributed by atoms with van der Waals surface area (Å²) in [6, 6.07) is 8.24. The Hall–Kier alpha value is -2.05. The van der Waals surface area contributed by atoms with Crippen LogP contribution in [-0.4, -0.2) is 15.1 Å². The van der Waals surface area contributed by atoms with Crippen LogP contribution in [0.4, 0.5) is 5.69 Å². The zero-order valence-electron chi connectivity index (χ0n) is 9.91. The standard InChI is InChI=1S/C12H11ClN4O2/c13-10-4-3-9(12(6-10)17(18)19)7-14-8-11-2-1-5-15-16-11/h1-6,14H,7-8H2. The Morgan fingerprint density at radius 3 is 2.84 bits per heavy atom. The van der Waals surface area contributed by atoms with E-state index in [2.05, 4.69) is 15.5 Å². The lowest BCUT2D eigenvalue weighted by molar-refractivity contribution is -0.385. The monoisotopic (exact) mass is 278 g/mol. The van der Waals surface area contributed by atoms with E-state index >= 15 is 0 Å². The molecule has 7 heteroatoms. The van der Waals surface area contributed by atoms with Gasteiger partial charge < -0.3 is 5.32 Å². The molecule has 0 unspecified atom stereocenters. The number of nitrogens with one attached hydrogen (secondary N) is 1. The number of nitro groups is 1. The van der Waals surface area contributed by atoms with Gasteiger partial charge in [0.15, 0.2) is 0 Å². The molecule has 0 aliphatic heterocycles. The number of rotatable bonds is 5. The highest BCUT2D eigenvalue weighted by molar-refractivity contribution is 6.30. The molecule has 1 aromatic heterocycles. The molecule has 0 radical (unpaired) electrons. The molecule has 98 valence electrons. The van der Waals surface area contributed by atoms with Crippen LogP contribution in [0.2, 0.25) is 5.02 Å². The predicted octanol–water partition coefficient (Wildman–Crippen LogP) is 2.33. The van der Waals surface area contributed by atoms with Crippen LogP contribution in [0.3, 0.4) is 0 Å². The third kappa shape index (κ3) is 3.70. The predicted molar refractivity (Wildman–Crippen MR) is 70.7 cm³/mol. The molecule has 1 heterocycles. The Balaban J connectivity index is 2.02. The summed E-state index contributed by atoms with van der Waals surface area (Å²) in [6.07, 6.45) is 1.59. The van der Waals surface area contributed by atoms with Crippen molar-refractivity contribution < 1.29 is 4.92 Å². The first-order chi connectivity index (χ1) is 9.16. The van der Waals surface area contributed by atoms with Gasteiger partial charge in [0.25, 0.3) is 5.69 Å². The molecule has 0 atom stereocenters. The summed E-state index contributed by atoms with van der Waals surface area (Å²) < 4.78 is 0. The van der Waals surface area contributed by atoms with Crippen LogP contribution in [0, 0.1) is 10.1 Å². The molecule has 2 rings (SSSR count). The normalized spacial score (nSPS) is 10.4. The van der Waals surface area contributed by atoms with Gasteiger partial charge in [0.05, 0.1) is 10.6 Å². The first-order valence-corrected chi connectivity index (χ1v) is 5.95. The van der Waals surface area contributed by atoms with Crippen molar-refractivity contribution in [1.82, 2.24) is 15.5 Å². The van der Waals surface area contributed by atoms with Crippen molar-refractivity contribution in [2.45, 2.75) is 13.1 Å². The maximum atomic E-state index is 10.9. The van der Waals surface area contributed by atoms with Crippen LogP contribution in [-0.2, 0) is 13.1 Å². The maximum Gasteiger partial charge on any atom is 0.275 e. The molecule has 6 nitrogen and oxygen atoms in total. The quantitative estimate of drug-likeness (QED) is 0.670. The summed E-state index contributed by atoms with van der Waals surface area (Å²) >= 11 is 5.75. The van der Waals surface area contributed by atoms with Crippen LogP contribution in [0.5, 0.6) is 0 Å². The van der Waals surface area contributed by atoms with E-state index in [-0.39, 0.29) is 5.69 Å². The van der Waals surface area contributed by atoms with E-state index in [4.69, 9.17) is 11.6 Å². The molecule has 0 aliphatic carbocycles. The highest BCUT2D eigenvalue weighted by atomic mass is 35.5. The summed E-state index contributed by atoms with van der Waals surface area (Å²) in [6.45, 7) is 0.859. The van der Waals surface area contributed by atoms with Gasteiger partial charge in [-0.05, 0) is 24.3 Å². The molecule has 2 aromatic rings. The van der Waals surface area contributed by atoms with Gasteiger partial charge in [-0.25, -0.2) is 0 Å². The lowest BCUT2D eigenvalue weighted by Crippen LogP contribution is -2.14. The third-order valence-electron chi connectivity index (χ3n) is 2.49. The maximum absolute atomic E-state index is 10.9. The van der Waals surface area contributed by atoms with Gasteiger partial charge in [0.2, 0.25) is 0 Å².